The normalized spacial score (nSPS) is 13.1. The van der Waals surface area contributed by atoms with Gasteiger partial charge in [-0.15, -0.1) is 0 Å². The maximum absolute atomic E-state index is 10.3. The van der Waals surface area contributed by atoms with Crippen LogP contribution in [0.5, 0.6) is 0 Å². The van der Waals surface area contributed by atoms with E-state index in [0.717, 1.165) is 0 Å². The molecule has 0 bridgehead atoms. The molecule has 0 fully saturated rings. The average molecular weight is 233 g/mol. The number of hydrogen-bond donors (Lipinski definition) is 3. The Kier molecular flexibility index (Phi) is 12.4. The summed E-state index contributed by atoms with van der Waals surface area (Å²) in [5, 5.41) is 8.47. The van der Waals surface area contributed by atoms with Crippen molar-refractivity contribution in [2.75, 3.05) is 13.7 Å². The summed E-state index contributed by atoms with van der Waals surface area (Å²) in [4.78, 5) is 14.3. The molecule has 0 aliphatic rings. The number of nitrogens with zero attached hydrogens (tertiary/aromatic N) is 1. The van der Waals surface area contributed by atoms with Crippen LogP contribution in [0.25, 0.3) is 0 Å². The fraction of sp³-hybridized carbons (Fsp3) is 0.600. The van der Waals surface area contributed by atoms with Crippen molar-refractivity contribution in [1.29, 1.82) is 0 Å². The minimum Gasteiger partial charge on any atom is -0.480 e. The predicted molar refractivity (Wildman–Crippen MR) is 63.2 cm³/mol. The van der Waals surface area contributed by atoms with Crippen LogP contribution in [0.1, 0.15) is 19.8 Å². The molecular formula is C10H20FN3O2. The molecule has 0 saturated carbocycles. The van der Waals surface area contributed by atoms with Crippen LogP contribution < -0.4 is 11.5 Å². The number of amidine groups is 1. The van der Waals surface area contributed by atoms with Crippen LogP contribution in [0.15, 0.2) is 17.1 Å². The van der Waals surface area contributed by atoms with Crippen LogP contribution >= 0.6 is 0 Å². The van der Waals surface area contributed by atoms with E-state index in [0.29, 0.717) is 32.4 Å². The molecule has 0 saturated heterocycles. The number of carboxylic acid groups (broad SMARTS) is 1. The summed E-state index contributed by atoms with van der Waals surface area (Å²) in [6, 6.07) is -0.778. The second-order valence-corrected chi connectivity index (χ2v) is 2.98. The van der Waals surface area contributed by atoms with E-state index in [-0.39, 0.29) is 0 Å². The molecule has 5 N–H and O–H groups in total. The third-order valence-corrected chi connectivity index (χ3v) is 1.57. The van der Waals surface area contributed by atoms with Gasteiger partial charge in [0.15, 0.2) is 0 Å². The molecule has 0 aliphatic carbocycles. The first-order valence-corrected chi connectivity index (χ1v) is 4.81. The quantitative estimate of drug-likeness (QED) is 0.357. The predicted octanol–water partition coefficient (Wildman–Crippen LogP) is 0.698. The van der Waals surface area contributed by atoms with Gasteiger partial charge in [0, 0.05) is 0 Å². The topological polar surface area (TPSA) is 102 Å². The zero-order chi connectivity index (χ0) is 13.0. The lowest BCUT2D eigenvalue weighted by molar-refractivity contribution is -0.138. The molecule has 1 unspecified atom stereocenters. The van der Waals surface area contributed by atoms with Gasteiger partial charge in [-0.05, 0) is 19.8 Å². The lowest BCUT2D eigenvalue weighted by Gasteiger charge is -2.01. The number of carboxylic acids is 1. The lowest BCUT2D eigenvalue weighted by Crippen LogP contribution is -2.29. The summed E-state index contributed by atoms with van der Waals surface area (Å²) in [5.74, 6) is -0.425. The van der Waals surface area contributed by atoms with Gasteiger partial charge in [-0.25, -0.2) is 0 Å². The molecule has 0 heterocycles. The van der Waals surface area contributed by atoms with Crippen LogP contribution in [0.3, 0.4) is 0 Å². The number of allylic oxidation sites excluding steroid dienone is 1. The molecule has 6 heteroatoms. The fourth-order valence-electron chi connectivity index (χ4n) is 0.788. The van der Waals surface area contributed by atoms with Crippen LogP contribution in [0, 0.1) is 0 Å². The number of alkyl halides is 1. The van der Waals surface area contributed by atoms with Gasteiger partial charge in [0.1, 0.15) is 6.04 Å². The molecule has 0 spiro atoms. The first-order chi connectivity index (χ1) is 7.54. The monoisotopic (exact) mass is 233 g/mol. The maximum Gasteiger partial charge on any atom is 0.320 e. The highest BCUT2D eigenvalue weighted by Crippen LogP contribution is 1.95. The average Bonchev–Trinajstić information content (AvgIpc) is 2.25. The van der Waals surface area contributed by atoms with Crippen molar-refractivity contribution in [2.45, 2.75) is 25.8 Å². The molecule has 0 radical (unpaired) electrons. The van der Waals surface area contributed by atoms with Crippen LogP contribution in [-0.4, -0.2) is 36.7 Å². The lowest BCUT2D eigenvalue weighted by atomic mass is 10.1. The maximum atomic E-state index is 10.3. The van der Waals surface area contributed by atoms with E-state index in [2.05, 4.69) is 4.99 Å². The number of carbonyl (C=O) groups is 1. The second kappa shape index (κ2) is 11.6. The summed E-state index contributed by atoms with van der Waals surface area (Å²) in [6.07, 6.45) is 4.78. The molecule has 0 aromatic heterocycles. The van der Waals surface area contributed by atoms with Crippen molar-refractivity contribution in [3.8, 4) is 0 Å². The fourth-order valence-corrected chi connectivity index (χ4v) is 0.788. The molecule has 94 valence electrons. The molecule has 0 aliphatic heterocycles. The Morgan fingerprint density at radius 2 is 2.06 bits per heavy atom. The number of rotatable bonds is 6. The Hall–Kier alpha value is -1.43. The number of hydrogen-bond acceptors (Lipinski definition) is 3. The van der Waals surface area contributed by atoms with E-state index in [1.54, 1.807) is 6.92 Å². The van der Waals surface area contributed by atoms with Gasteiger partial charge >= 0.3 is 5.97 Å². The highest BCUT2D eigenvalue weighted by molar-refractivity contribution is 5.77. The summed E-state index contributed by atoms with van der Waals surface area (Å²) in [6.45, 7) is 2.25. The van der Waals surface area contributed by atoms with Crippen molar-refractivity contribution in [2.24, 2.45) is 16.5 Å². The van der Waals surface area contributed by atoms with E-state index < -0.39 is 12.0 Å². The summed E-state index contributed by atoms with van der Waals surface area (Å²) < 4.78 is 9.50. The summed E-state index contributed by atoms with van der Waals surface area (Å²) >= 11 is 0. The van der Waals surface area contributed by atoms with E-state index in [4.69, 9.17) is 16.6 Å². The Morgan fingerprint density at radius 3 is 2.50 bits per heavy atom. The van der Waals surface area contributed by atoms with E-state index in [1.165, 1.54) is 0 Å². The van der Waals surface area contributed by atoms with Gasteiger partial charge in [0.05, 0.1) is 19.6 Å². The minimum absolute atomic E-state index is 0.442. The molecule has 1 atom stereocenters. The van der Waals surface area contributed by atoms with Gasteiger partial charge in [0.2, 0.25) is 0 Å². The molecule has 0 aromatic carbocycles. The van der Waals surface area contributed by atoms with E-state index in [9.17, 15) is 9.18 Å². The molecule has 5 nitrogen and oxygen atoms in total. The van der Waals surface area contributed by atoms with Gasteiger partial charge in [-0.3, -0.25) is 14.2 Å². The molecule has 0 aromatic rings. The van der Waals surface area contributed by atoms with Crippen molar-refractivity contribution in [1.82, 2.24) is 0 Å². The molecule has 0 rings (SSSR count). The molecule has 16 heavy (non-hydrogen) atoms. The van der Waals surface area contributed by atoms with Crippen LogP contribution in [0.2, 0.25) is 0 Å². The summed E-state index contributed by atoms with van der Waals surface area (Å²) in [7, 11) is 0.500. The number of aliphatic imine (C=N–C) groups is 1. The smallest absolute Gasteiger partial charge is 0.320 e. The standard InChI is InChI=1S/C9H17N3O2.CH3F/c1-7(10)12-6-4-2-3-5-8(11)9(13)14;1-2/h2,4,8H,3,5-6,11H2,1H3,(H2,10,12)(H,13,14);1H3/b4-2-;. The summed E-state index contributed by atoms with van der Waals surface area (Å²) in [5.41, 5.74) is 10.6. The Labute approximate surface area is 95.0 Å². The highest BCUT2D eigenvalue weighted by atomic mass is 19.1. The number of nitrogens with two attached hydrogens (primary N) is 2. The second-order valence-electron chi connectivity index (χ2n) is 2.98. The van der Waals surface area contributed by atoms with Gasteiger partial charge in [-0.2, -0.15) is 0 Å². The van der Waals surface area contributed by atoms with Gasteiger partial charge in [0.25, 0.3) is 0 Å². The zero-order valence-corrected chi connectivity index (χ0v) is 9.69. The van der Waals surface area contributed by atoms with Crippen molar-refractivity contribution >= 4 is 11.8 Å². The largest absolute Gasteiger partial charge is 0.480 e. The third kappa shape index (κ3) is 12.6. The van der Waals surface area contributed by atoms with Gasteiger partial charge < -0.3 is 16.6 Å². The van der Waals surface area contributed by atoms with E-state index >= 15 is 0 Å². The van der Waals surface area contributed by atoms with Crippen LogP contribution in [0.4, 0.5) is 4.39 Å². The Bertz CT molecular complexity index is 238. The number of aliphatic carboxylic acids is 1. The van der Waals surface area contributed by atoms with Crippen molar-refractivity contribution in [3.63, 3.8) is 0 Å². The number of halogens is 1. The SMILES string of the molecule is CC(N)=NC/C=C\CCC(N)C(=O)O.CF. The molecule has 0 amide bonds. The zero-order valence-electron chi connectivity index (χ0n) is 9.69. The van der Waals surface area contributed by atoms with Crippen molar-refractivity contribution < 1.29 is 14.3 Å². The van der Waals surface area contributed by atoms with Crippen molar-refractivity contribution in [3.05, 3.63) is 12.2 Å². The van der Waals surface area contributed by atoms with Crippen LogP contribution in [-0.2, 0) is 4.79 Å². The Morgan fingerprint density at radius 1 is 1.50 bits per heavy atom. The Balaban J connectivity index is 0. The minimum atomic E-state index is -0.964. The first kappa shape index (κ1) is 17.0. The molecular weight excluding hydrogens is 213 g/mol. The van der Waals surface area contributed by atoms with E-state index in [1.807, 2.05) is 12.2 Å². The van der Waals surface area contributed by atoms with Gasteiger partial charge in [-0.1, -0.05) is 12.2 Å². The third-order valence-electron chi connectivity index (χ3n) is 1.57. The first-order valence-electron chi connectivity index (χ1n) is 4.81. The highest BCUT2D eigenvalue weighted by Gasteiger charge is 2.08.